The van der Waals surface area contributed by atoms with Crippen LogP contribution in [0.15, 0.2) is 0 Å². The van der Waals surface area contributed by atoms with E-state index in [1.807, 2.05) is 6.92 Å². The quantitative estimate of drug-likeness (QED) is 0.655. The maximum atomic E-state index is 12.3. The first-order chi connectivity index (χ1) is 5.25. The van der Waals surface area contributed by atoms with Gasteiger partial charge in [0.2, 0.25) is 6.43 Å². The first kappa shape index (κ1) is 8.91. The molecule has 0 aromatic carbocycles. The van der Waals surface area contributed by atoms with E-state index in [1.54, 1.807) is 0 Å². The molecule has 2 unspecified atom stereocenters. The normalized spacial score (nSPS) is 32.7. The van der Waals surface area contributed by atoms with Crippen molar-refractivity contribution in [2.24, 2.45) is 11.8 Å². The number of nitrogens with one attached hydrogen (secondary N) is 1. The zero-order valence-electron chi connectivity index (χ0n) is 6.82. The van der Waals surface area contributed by atoms with E-state index in [0.29, 0.717) is 6.54 Å². The predicted molar refractivity (Wildman–Crippen MR) is 40.8 cm³/mol. The Morgan fingerprint density at radius 3 is 2.73 bits per heavy atom. The van der Waals surface area contributed by atoms with Crippen LogP contribution in [0.25, 0.3) is 0 Å². The molecule has 1 saturated heterocycles. The maximum absolute atomic E-state index is 12.3. The fourth-order valence-electron chi connectivity index (χ4n) is 1.74. The van der Waals surface area contributed by atoms with Gasteiger partial charge in [-0.25, -0.2) is 8.78 Å². The summed E-state index contributed by atoms with van der Waals surface area (Å²) in [5.41, 5.74) is 0. The molecule has 0 saturated carbocycles. The van der Waals surface area contributed by atoms with Crippen LogP contribution < -0.4 is 5.32 Å². The molecule has 1 N–H and O–H groups in total. The molecule has 11 heavy (non-hydrogen) atoms. The van der Waals surface area contributed by atoms with Crippen LogP contribution in [0.3, 0.4) is 0 Å². The van der Waals surface area contributed by atoms with E-state index >= 15 is 0 Å². The van der Waals surface area contributed by atoms with Crippen LogP contribution in [-0.2, 0) is 0 Å². The highest BCUT2D eigenvalue weighted by molar-refractivity contribution is 4.78. The fraction of sp³-hybridized carbons (Fsp3) is 1.00. The molecule has 0 bridgehead atoms. The molecule has 66 valence electrons. The van der Waals surface area contributed by atoms with Gasteiger partial charge in [-0.1, -0.05) is 13.3 Å². The summed E-state index contributed by atoms with van der Waals surface area (Å²) in [6.45, 7) is 3.39. The molecular formula is C8H15F2N. The van der Waals surface area contributed by atoms with Crippen molar-refractivity contribution < 1.29 is 8.78 Å². The van der Waals surface area contributed by atoms with Crippen molar-refractivity contribution in [2.45, 2.75) is 26.2 Å². The van der Waals surface area contributed by atoms with Gasteiger partial charge in [-0.3, -0.25) is 0 Å². The molecule has 0 spiro atoms. The molecule has 1 rings (SSSR count). The average Bonchev–Trinajstić information content (AvgIpc) is 2.04. The van der Waals surface area contributed by atoms with E-state index in [-0.39, 0.29) is 5.92 Å². The summed E-state index contributed by atoms with van der Waals surface area (Å²) in [5, 5.41) is 3.00. The Morgan fingerprint density at radius 2 is 2.27 bits per heavy atom. The lowest BCUT2D eigenvalue weighted by Crippen LogP contribution is -2.39. The summed E-state index contributed by atoms with van der Waals surface area (Å²) in [4.78, 5) is 0. The molecule has 1 nitrogen and oxygen atoms in total. The van der Waals surface area contributed by atoms with Gasteiger partial charge in [0.25, 0.3) is 0 Å². The lowest BCUT2D eigenvalue weighted by atomic mass is 9.85. The van der Waals surface area contributed by atoms with E-state index in [1.165, 1.54) is 0 Å². The van der Waals surface area contributed by atoms with Gasteiger partial charge in [-0.15, -0.1) is 0 Å². The number of alkyl halides is 2. The van der Waals surface area contributed by atoms with Crippen LogP contribution in [0.5, 0.6) is 0 Å². The first-order valence-corrected chi connectivity index (χ1v) is 4.24. The van der Waals surface area contributed by atoms with Crippen LogP contribution in [0.4, 0.5) is 8.78 Å². The molecule has 1 aliphatic rings. The van der Waals surface area contributed by atoms with Gasteiger partial charge in [0.15, 0.2) is 0 Å². The Bertz CT molecular complexity index is 117. The molecule has 2 atom stereocenters. The van der Waals surface area contributed by atoms with E-state index in [2.05, 4.69) is 5.32 Å². The molecule has 1 aliphatic heterocycles. The van der Waals surface area contributed by atoms with E-state index in [9.17, 15) is 8.78 Å². The summed E-state index contributed by atoms with van der Waals surface area (Å²) < 4.78 is 24.6. The van der Waals surface area contributed by atoms with Gasteiger partial charge in [0, 0.05) is 12.5 Å². The lowest BCUT2D eigenvalue weighted by molar-refractivity contribution is 0.0282. The summed E-state index contributed by atoms with van der Waals surface area (Å²) >= 11 is 0. The zero-order chi connectivity index (χ0) is 8.27. The van der Waals surface area contributed by atoms with Crippen molar-refractivity contribution >= 4 is 0 Å². The van der Waals surface area contributed by atoms with E-state index < -0.39 is 12.3 Å². The maximum Gasteiger partial charge on any atom is 0.242 e. The minimum Gasteiger partial charge on any atom is -0.316 e. The van der Waals surface area contributed by atoms with Gasteiger partial charge < -0.3 is 5.32 Å². The Morgan fingerprint density at radius 1 is 1.55 bits per heavy atom. The first-order valence-electron chi connectivity index (χ1n) is 4.24. The Balaban J connectivity index is 2.44. The molecule has 0 radical (unpaired) electrons. The van der Waals surface area contributed by atoms with Crippen molar-refractivity contribution in [1.29, 1.82) is 0 Å². The number of halogens is 2. The third kappa shape index (κ3) is 2.12. The van der Waals surface area contributed by atoms with Gasteiger partial charge in [0.05, 0.1) is 0 Å². The summed E-state index contributed by atoms with van der Waals surface area (Å²) in [7, 11) is 0. The minimum absolute atomic E-state index is 0.233. The van der Waals surface area contributed by atoms with Gasteiger partial charge in [-0.05, 0) is 18.9 Å². The van der Waals surface area contributed by atoms with Crippen molar-refractivity contribution in [1.82, 2.24) is 5.32 Å². The van der Waals surface area contributed by atoms with Gasteiger partial charge >= 0.3 is 0 Å². The molecule has 1 heterocycles. The number of piperidine rings is 1. The second-order valence-corrected chi connectivity index (χ2v) is 3.16. The number of hydrogen-bond acceptors (Lipinski definition) is 1. The van der Waals surface area contributed by atoms with Crippen molar-refractivity contribution in [2.75, 3.05) is 13.1 Å². The van der Waals surface area contributed by atoms with Crippen LogP contribution >= 0.6 is 0 Å². The SMILES string of the molecule is CCC1CCNCC1C(F)F. The van der Waals surface area contributed by atoms with Crippen LogP contribution in [0.2, 0.25) is 0 Å². The molecule has 1 fully saturated rings. The highest BCUT2D eigenvalue weighted by atomic mass is 19.3. The minimum atomic E-state index is -2.15. The number of hydrogen-bond donors (Lipinski definition) is 1. The van der Waals surface area contributed by atoms with Crippen LogP contribution in [-0.4, -0.2) is 19.5 Å². The van der Waals surface area contributed by atoms with Crippen LogP contribution in [0.1, 0.15) is 19.8 Å². The molecular weight excluding hydrogens is 148 g/mol. The van der Waals surface area contributed by atoms with E-state index in [4.69, 9.17) is 0 Å². The van der Waals surface area contributed by atoms with Crippen molar-refractivity contribution in [3.63, 3.8) is 0 Å². The van der Waals surface area contributed by atoms with Gasteiger partial charge in [0.1, 0.15) is 0 Å². The van der Waals surface area contributed by atoms with Crippen LogP contribution in [0, 0.1) is 11.8 Å². The molecule has 0 aliphatic carbocycles. The number of rotatable bonds is 2. The second kappa shape index (κ2) is 4.00. The monoisotopic (exact) mass is 163 g/mol. The zero-order valence-corrected chi connectivity index (χ0v) is 6.82. The summed E-state index contributed by atoms with van der Waals surface area (Å²) in [5.74, 6) is -0.176. The second-order valence-electron chi connectivity index (χ2n) is 3.16. The molecule has 0 aromatic heterocycles. The Kier molecular flexibility index (Phi) is 3.24. The fourth-order valence-corrected chi connectivity index (χ4v) is 1.74. The standard InChI is InChI=1S/C8H15F2N/c1-2-6-3-4-11-5-7(6)8(9)10/h6-8,11H,2-5H2,1H3. The third-order valence-corrected chi connectivity index (χ3v) is 2.53. The van der Waals surface area contributed by atoms with E-state index in [0.717, 1.165) is 19.4 Å². The van der Waals surface area contributed by atoms with Crippen molar-refractivity contribution in [3.8, 4) is 0 Å². The molecule has 3 heteroatoms. The smallest absolute Gasteiger partial charge is 0.242 e. The molecule has 0 aromatic rings. The Hall–Kier alpha value is -0.180. The summed E-state index contributed by atoms with van der Waals surface area (Å²) in [6.07, 6.45) is -0.352. The topological polar surface area (TPSA) is 12.0 Å². The Labute approximate surface area is 66.2 Å². The predicted octanol–water partition coefficient (Wildman–Crippen LogP) is 1.89. The highest BCUT2D eigenvalue weighted by Gasteiger charge is 2.30. The largest absolute Gasteiger partial charge is 0.316 e. The highest BCUT2D eigenvalue weighted by Crippen LogP contribution is 2.27. The average molecular weight is 163 g/mol. The lowest BCUT2D eigenvalue weighted by Gasteiger charge is -2.30. The third-order valence-electron chi connectivity index (χ3n) is 2.53. The van der Waals surface area contributed by atoms with Gasteiger partial charge in [-0.2, -0.15) is 0 Å². The van der Waals surface area contributed by atoms with Crippen molar-refractivity contribution in [3.05, 3.63) is 0 Å². The molecule has 0 amide bonds. The summed E-state index contributed by atoms with van der Waals surface area (Å²) in [6, 6.07) is 0.